The van der Waals surface area contributed by atoms with Gasteiger partial charge < -0.3 is 9.80 Å². The van der Waals surface area contributed by atoms with Gasteiger partial charge in [0.1, 0.15) is 5.82 Å². The van der Waals surface area contributed by atoms with E-state index < -0.39 is 0 Å². The van der Waals surface area contributed by atoms with Crippen molar-refractivity contribution < 1.29 is 9.18 Å². The number of halogens is 2. The minimum absolute atomic E-state index is 0.110. The smallest absolute Gasteiger partial charge is 0.255 e. The molecule has 1 aliphatic rings. The van der Waals surface area contributed by atoms with Crippen LogP contribution in [0.4, 0.5) is 4.39 Å². The van der Waals surface area contributed by atoms with Crippen molar-refractivity contribution in [1.82, 2.24) is 9.80 Å². The van der Waals surface area contributed by atoms with Crippen molar-refractivity contribution in [3.05, 3.63) is 34.1 Å². The molecule has 1 fully saturated rings. The average molecular weight is 315 g/mol. The topological polar surface area (TPSA) is 23.6 Å². The molecule has 0 bridgehead atoms. The maximum absolute atomic E-state index is 13.2. The Bertz CT molecular complexity index is 466. The molecule has 1 heterocycles. The molecule has 0 spiro atoms. The van der Waals surface area contributed by atoms with E-state index >= 15 is 0 Å². The molecule has 0 radical (unpaired) electrons. The summed E-state index contributed by atoms with van der Waals surface area (Å²) >= 11 is 3.30. The van der Waals surface area contributed by atoms with Gasteiger partial charge in [0.05, 0.1) is 5.56 Å². The lowest BCUT2D eigenvalue weighted by Crippen LogP contribution is -2.52. The SMILES string of the molecule is CC1CN(C(=O)c2cc(F)ccc2Br)CCN1C. The summed E-state index contributed by atoms with van der Waals surface area (Å²) in [6.45, 7) is 4.29. The molecule has 1 saturated heterocycles. The molecular weight excluding hydrogens is 299 g/mol. The molecule has 2 rings (SSSR count). The Morgan fingerprint density at radius 1 is 1.44 bits per heavy atom. The standard InChI is InChI=1S/C13H16BrFN2O/c1-9-8-17(6-5-16(9)2)13(18)11-7-10(15)3-4-12(11)14/h3-4,7,9H,5-6,8H2,1-2H3. The van der Waals surface area contributed by atoms with E-state index in [4.69, 9.17) is 0 Å². The van der Waals surface area contributed by atoms with E-state index in [1.165, 1.54) is 12.1 Å². The van der Waals surface area contributed by atoms with E-state index in [0.717, 1.165) is 6.54 Å². The van der Waals surface area contributed by atoms with Crippen LogP contribution in [0.2, 0.25) is 0 Å². The van der Waals surface area contributed by atoms with Gasteiger partial charge in [0.25, 0.3) is 5.91 Å². The molecule has 0 aromatic heterocycles. The first kappa shape index (κ1) is 13.5. The van der Waals surface area contributed by atoms with Gasteiger partial charge in [-0.3, -0.25) is 4.79 Å². The molecule has 1 amide bonds. The van der Waals surface area contributed by atoms with Crippen LogP contribution in [0.25, 0.3) is 0 Å². The van der Waals surface area contributed by atoms with E-state index in [1.54, 1.807) is 11.0 Å². The van der Waals surface area contributed by atoms with Crippen LogP contribution in [0.5, 0.6) is 0 Å². The molecular formula is C13H16BrFN2O. The van der Waals surface area contributed by atoms with Crippen LogP contribution in [0.1, 0.15) is 17.3 Å². The third kappa shape index (κ3) is 2.72. The molecule has 98 valence electrons. The van der Waals surface area contributed by atoms with Crippen molar-refractivity contribution in [2.24, 2.45) is 0 Å². The first-order valence-corrected chi connectivity index (χ1v) is 6.73. The zero-order valence-electron chi connectivity index (χ0n) is 10.5. The molecule has 18 heavy (non-hydrogen) atoms. The van der Waals surface area contributed by atoms with E-state index in [1.807, 2.05) is 7.05 Å². The second-order valence-electron chi connectivity index (χ2n) is 4.70. The Labute approximate surface area is 115 Å². The fourth-order valence-electron chi connectivity index (χ4n) is 2.06. The van der Waals surface area contributed by atoms with Gasteiger partial charge in [0.2, 0.25) is 0 Å². The van der Waals surface area contributed by atoms with Crippen molar-refractivity contribution in [3.63, 3.8) is 0 Å². The van der Waals surface area contributed by atoms with Gasteiger partial charge in [0, 0.05) is 30.1 Å². The minimum Gasteiger partial charge on any atom is -0.336 e. The Morgan fingerprint density at radius 3 is 2.83 bits per heavy atom. The quantitative estimate of drug-likeness (QED) is 0.794. The van der Waals surface area contributed by atoms with Crippen molar-refractivity contribution in [1.29, 1.82) is 0 Å². The predicted molar refractivity (Wildman–Crippen MR) is 72.1 cm³/mol. The number of carbonyl (C=O) groups excluding carboxylic acids is 1. The molecule has 0 N–H and O–H groups in total. The van der Waals surface area contributed by atoms with Crippen LogP contribution < -0.4 is 0 Å². The number of nitrogens with zero attached hydrogens (tertiary/aromatic N) is 2. The van der Waals surface area contributed by atoms with Gasteiger partial charge in [-0.1, -0.05) is 0 Å². The third-order valence-electron chi connectivity index (χ3n) is 3.41. The van der Waals surface area contributed by atoms with Crippen molar-refractivity contribution in [2.45, 2.75) is 13.0 Å². The molecule has 1 aromatic rings. The predicted octanol–water partition coefficient (Wildman–Crippen LogP) is 2.36. The molecule has 3 nitrogen and oxygen atoms in total. The van der Waals surface area contributed by atoms with E-state index in [9.17, 15) is 9.18 Å². The second-order valence-corrected chi connectivity index (χ2v) is 5.56. The second kappa shape index (κ2) is 5.36. The monoisotopic (exact) mass is 314 g/mol. The van der Waals surface area contributed by atoms with Crippen LogP contribution in [0.3, 0.4) is 0 Å². The fourth-order valence-corrected chi connectivity index (χ4v) is 2.48. The highest BCUT2D eigenvalue weighted by Crippen LogP contribution is 2.21. The normalized spacial score (nSPS) is 21.1. The number of amides is 1. The van der Waals surface area contributed by atoms with Crippen molar-refractivity contribution >= 4 is 21.8 Å². The summed E-state index contributed by atoms with van der Waals surface area (Å²) in [5.41, 5.74) is 0.395. The highest BCUT2D eigenvalue weighted by atomic mass is 79.9. The van der Waals surface area contributed by atoms with Gasteiger partial charge in [-0.2, -0.15) is 0 Å². The molecule has 1 aromatic carbocycles. The molecule has 1 atom stereocenters. The van der Waals surface area contributed by atoms with Crippen molar-refractivity contribution in [3.8, 4) is 0 Å². The molecule has 5 heteroatoms. The van der Waals surface area contributed by atoms with E-state index in [2.05, 4.69) is 27.8 Å². The summed E-state index contributed by atoms with van der Waals surface area (Å²) in [5.74, 6) is -0.495. The summed E-state index contributed by atoms with van der Waals surface area (Å²) in [6, 6.07) is 4.53. The Kier molecular flexibility index (Phi) is 4.02. The molecule has 1 aliphatic heterocycles. The number of rotatable bonds is 1. The summed E-state index contributed by atoms with van der Waals surface area (Å²) in [6.07, 6.45) is 0. The zero-order chi connectivity index (χ0) is 13.3. The molecule has 0 aliphatic carbocycles. The number of piperazine rings is 1. The van der Waals surface area contributed by atoms with Crippen molar-refractivity contribution in [2.75, 3.05) is 26.7 Å². The average Bonchev–Trinajstić information content (AvgIpc) is 2.35. The van der Waals surface area contributed by atoms with E-state index in [0.29, 0.717) is 29.2 Å². The summed E-state index contributed by atoms with van der Waals surface area (Å²) in [7, 11) is 2.05. The Morgan fingerprint density at radius 2 is 2.17 bits per heavy atom. The molecule has 1 unspecified atom stereocenters. The van der Waals surface area contributed by atoms with E-state index in [-0.39, 0.29) is 11.7 Å². The lowest BCUT2D eigenvalue weighted by molar-refractivity contribution is 0.0571. The molecule has 0 saturated carbocycles. The summed E-state index contributed by atoms with van der Waals surface area (Å²) in [4.78, 5) is 16.3. The lowest BCUT2D eigenvalue weighted by atomic mass is 10.1. The van der Waals surface area contributed by atoms with Crippen LogP contribution >= 0.6 is 15.9 Å². The van der Waals surface area contributed by atoms with Gasteiger partial charge >= 0.3 is 0 Å². The Hall–Kier alpha value is -0.940. The number of likely N-dealkylation sites (N-methyl/N-ethyl adjacent to an activating group) is 1. The van der Waals surface area contributed by atoms with Gasteiger partial charge in [-0.05, 0) is 48.1 Å². The van der Waals surface area contributed by atoms with Gasteiger partial charge in [-0.25, -0.2) is 4.39 Å². The number of benzene rings is 1. The first-order chi connectivity index (χ1) is 8.49. The summed E-state index contributed by atoms with van der Waals surface area (Å²) in [5, 5.41) is 0. The van der Waals surface area contributed by atoms with Gasteiger partial charge in [0.15, 0.2) is 0 Å². The fraction of sp³-hybridized carbons (Fsp3) is 0.462. The highest BCUT2D eigenvalue weighted by molar-refractivity contribution is 9.10. The largest absolute Gasteiger partial charge is 0.336 e. The van der Waals surface area contributed by atoms with Crippen LogP contribution in [-0.2, 0) is 0 Å². The minimum atomic E-state index is -0.385. The van der Waals surface area contributed by atoms with Crippen LogP contribution in [-0.4, -0.2) is 48.4 Å². The number of hydrogen-bond donors (Lipinski definition) is 0. The maximum atomic E-state index is 13.2. The van der Waals surface area contributed by atoms with Gasteiger partial charge in [-0.15, -0.1) is 0 Å². The first-order valence-electron chi connectivity index (χ1n) is 5.93. The highest BCUT2D eigenvalue weighted by Gasteiger charge is 2.26. The maximum Gasteiger partial charge on any atom is 0.255 e. The Balaban J connectivity index is 2.19. The number of carbonyl (C=O) groups is 1. The number of hydrogen-bond acceptors (Lipinski definition) is 2. The van der Waals surface area contributed by atoms with Crippen LogP contribution in [0.15, 0.2) is 22.7 Å². The summed E-state index contributed by atoms with van der Waals surface area (Å²) < 4.78 is 13.9. The van der Waals surface area contributed by atoms with Crippen LogP contribution in [0, 0.1) is 5.82 Å². The zero-order valence-corrected chi connectivity index (χ0v) is 12.1. The third-order valence-corrected chi connectivity index (χ3v) is 4.10. The lowest BCUT2D eigenvalue weighted by Gasteiger charge is -2.37.